The summed E-state index contributed by atoms with van der Waals surface area (Å²) in [6.07, 6.45) is 9.66. The van der Waals surface area contributed by atoms with E-state index in [9.17, 15) is 14.6 Å². The Kier molecular flexibility index (Phi) is 4.28. The zero-order valence-electron chi connectivity index (χ0n) is 15.4. The van der Waals surface area contributed by atoms with Crippen molar-refractivity contribution in [1.82, 2.24) is 0 Å². The minimum Gasteiger partial charge on any atom is -0.393 e. The lowest BCUT2D eigenvalue weighted by molar-refractivity contribution is -0.116. The van der Waals surface area contributed by atoms with Gasteiger partial charge in [0.1, 0.15) is 6.67 Å². The highest BCUT2D eigenvalue weighted by molar-refractivity contribution is 5.07. The van der Waals surface area contributed by atoms with Gasteiger partial charge in [0.25, 0.3) is 0 Å². The summed E-state index contributed by atoms with van der Waals surface area (Å²) in [6, 6.07) is 0. The van der Waals surface area contributed by atoms with Gasteiger partial charge in [-0.3, -0.25) is 0 Å². The Morgan fingerprint density at radius 1 is 1.00 bits per heavy atom. The van der Waals surface area contributed by atoms with Crippen molar-refractivity contribution in [2.75, 3.05) is 6.67 Å². The molecule has 4 rings (SSSR count). The van der Waals surface area contributed by atoms with E-state index in [4.69, 9.17) is 0 Å². The van der Waals surface area contributed by atoms with Crippen LogP contribution in [-0.4, -0.2) is 28.6 Å². The number of halogens is 1. The highest BCUT2D eigenvalue weighted by Gasteiger charge is 2.58. The van der Waals surface area contributed by atoms with Crippen LogP contribution in [-0.2, 0) is 0 Å². The number of aliphatic hydroxyl groups excluding tert-OH is 1. The summed E-state index contributed by atoms with van der Waals surface area (Å²) in [7, 11) is 0. The summed E-state index contributed by atoms with van der Waals surface area (Å²) in [5.74, 6) is 4.11. The molecule has 4 saturated carbocycles. The molecule has 2 nitrogen and oxygen atoms in total. The zero-order chi connectivity index (χ0) is 17.1. The van der Waals surface area contributed by atoms with Gasteiger partial charge in [-0.2, -0.15) is 0 Å². The predicted octanol–water partition coefficient (Wildman–Crippen LogP) is 4.34. The molecule has 0 aromatic heterocycles. The first-order valence-corrected chi connectivity index (χ1v) is 10.3. The van der Waals surface area contributed by atoms with Crippen molar-refractivity contribution >= 4 is 0 Å². The number of fused-ring (bicyclic) bond motifs is 5. The van der Waals surface area contributed by atoms with Crippen LogP contribution in [0.25, 0.3) is 0 Å². The monoisotopic (exact) mass is 338 g/mol. The molecular formula is C21H35FO2. The lowest BCUT2D eigenvalue weighted by Gasteiger charge is -2.57. The summed E-state index contributed by atoms with van der Waals surface area (Å²) in [6.45, 7) is 3.87. The van der Waals surface area contributed by atoms with Crippen molar-refractivity contribution in [3.8, 4) is 0 Å². The fourth-order valence-electron chi connectivity index (χ4n) is 7.92. The highest BCUT2D eigenvalue weighted by Crippen LogP contribution is 2.65. The van der Waals surface area contributed by atoms with Crippen molar-refractivity contribution in [3.63, 3.8) is 0 Å². The molecule has 0 saturated heterocycles. The largest absolute Gasteiger partial charge is 0.393 e. The van der Waals surface area contributed by atoms with Crippen LogP contribution in [0.3, 0.4) is 0 Å². The first-order valence-electron chi connectivity index (χ1n) is 10.3. The first kappa shape index (κ1) is 17.3. The molecule has 0 heterocycles. The van der Waals surface area contributed by atoms with Gasteiger partial charge in [-0.05, 0) is 106 Å². The van der Waals surface area contributed by atoms with Gasteiger partial charge in [0.2, 0.25) is 0 Å². The SMILES string of the molecule is CC(O)C1CC[C@H]2[C@@H]3CC[C@@H]4C[C@@](O)(CF)CC[C@@H]4[C@H]3CC[C@]12C. The van der Waals surface area contributed by atoms with Gasteiger partial charge >= 0.3 is 0 Å². The van der Waals surface area contributed by atoms with Crippen molar-refractivity contribution in [3.05, 3.63) is 0 Å². The predicted molar refractivity (Wildman–Crippen MR) is 93.2 cm³/mol. The summed E-state index contributed by atoms with van der Waals surface area (Å²) >= 11 is 0. The second kappa shape index (κ2) is 5.94. The second-order valence-electron chi connectivity index (χ2n) is 10.0. The van der Waals surface area contributed by atoms with Gasteiger partial charge in [-0.25, -0.2) is 4.39 Å². The van der Waals surface area contributed by atoms with Gasteiger partial charge in [0.15, 0.2) is 0 Å². The van der Waals surface area contributed by atoms with E-state index >= 15 is 0 Å². The van der Waals surface area contributed by atoms with Crippen LogP contribution in [0, 0.1) is 40.9 Å². The third-order valence-corrected chi connectivity index (χ3v) is 9.01. The van der Waals surface area contributed by atoms with Crippen LogP contribution >= 0.6 is 0 Å². The lowest BCUT2D eigenvalue weighted by atomic mass is 9.49. The van der Waals surface area contributed by atoms with Crippen LogP contribution in [0.15, 0.2) is 0 Å². The van der Waals surface area contributed by atoms with Crippen LogP contribution in [0.1, 0.15) is 71.6 Å². The fraction of sp³-hybridized carbons (Fsp3) is 1.00. The maximum absolute atomic E-state index is 13.2. The molecule has 0 spiro atoms. The van der Waals surface area contributed by atoms with Crippen LogP contribution < -0.4 is 0 Å². The quantitative estimate of drug-likeness (QED) is 0.786. The Hall–Kier alpha value is -0.150. The van der Waals surface area contributed by atoms with Crippen LogP contribution in [0.2, 0.25) is 0 Å². The van der Waals surface area contributed by atoms with Gasteiger partial charge in [0.05, 0.1) is 11.7 Å². The Bertz CT molecular complexity index is 480. The van der Waals surface area contributed by atoms with Gasteiger partial charge in [-0.1, -0.05) is 6.92 Å². The van der Waals surface area contributed by atoms with E-state index in [1.807, 2.05) is 6.92 Å². The van der Waals surface area contributed by atoms with Crippen molar-refractivity contribution in [1.29, 1.82) is 0 Å². The molecule has 2 unspecified atom stereocenters. The molecule has 9 atom stereocenters. The molecule has 0 aromatic carbocycles. The minimum atomic E-state index is -1.03. The topological polar surface area (TPSA) is 40.5 Å². The molecule has 24 heavy (non-hydrogen) atoms. The lowest BCUT2D eigenvalue weighted by Crippen LogP contribution is -2.52. The van der Waals surface area contributed by atoms with E-state index in [-0.39, 0.29) is 6.10 Å². The van der Waals surface area contributed by atoms with E-state index in [1.165, 1.54) is 38.5 Å². The zero-order valence-corrected chi connectivity index (χ0v) is 15.4. The number of hydrogen-bond acceptors (Lipinski definition) is 2. The highest BCUT2D eigenvalue weighted by atomic mass is 19.1. The molecule has 0 amide bonds. The van der Waals surface area contributed by atoms with Crippen molar-refractivity contribution in [2.24, 2.45) is 40.9 Å². The standard InChI is InChI=1S/C21H35FO2/c1-13(23)18-5-6-19-17-4-3-14-11-21(24,12-22)10-8-15(14)16(17)7-9-20(18,19)2/h13-19,23-24H,3-12H2,1-2H3/t13?,14-,15+,16-,17-,18?,19+,20-,21-/m1/s1. The molecule has 0 radical (unpaired) electrons. The summed E-state index contributed by atoms with van der Waals surface area (Å²) < 4.78 is 13.2. The van der Waals surface area contributed by atoms with Crippen LogP contribution in [0.4, 0.5) is 4.39 Å². The molecule has 138 valence electrons. The van der Waals surface area contributed by atoms with E-state index in [0.717, 1.165) is 24.2 Å². The Morgan fingerprint density at radius 3 is 2.46 bits per heavy atom. The van der Waals surface area contributed by atoms with Gasteiger partial charge < -0.3 is 10.2 Å². The Labute approximate surface area is 146 Å². The average Bonchev–Trinajstić information content (AvgIpc) is 2.91. The van der Waals surface area contributed by atoms with Crippen molar-refractivity contribution < 1.29 is 14.6 Å². The van der Waals surface area contributed by atoms with Gasteiger partial charge in [0, 0.05) is 0 Å². The number of alkyl halides is 1. The molecule has 0 bridgehead atoms. The molecule has 2 N–H and O–H groups in total. The third-order valence-electron chi connectivity index (χ3n) is 9.01. The fourth-order valence-corrected chi connectivity index (χ4v) is 7.92. The number of hydrogen-bond donors (Lipinski definition) is 2. The molecule has 4 aliphatic rings. The first-order chi connectivity index (χ1) is 11.4. The maximum atomic E-state index is 13.2. The third kappa shape index (κ3) is 2.48. The van der Waals surface area contributed by atoms with E-state index in [0.29, 0.717) is 36.0 Å². The molecule has 4 aliphatic carbocycles. The molecule has 4 fully saturated rings. The van der Waals surface area contributed by atoms with Gasteiger partial charge in [-0.15, -0.1) is 0 Å². The Morgan fingerprint density at radius 2 is 1.75 bits per heavy atom. The summed E-state index contributed by atoms with van der Waals surface area (Å²) in [5.41, 5.74) is -0.696. The molecule has 0 aliphatic heterocycles. The van der Waals surface area contributed by atoms with Crippen LogP contribution in [0.5, 0.6) is 0 Å². The van der Waals surface area contributed by atoms with Crippen molar-refractivity contribution in [2.45, 2.75) is 83.3 Å². The minimum absolute atomic E-state index is 0.179. The van der Waals surface area contributed by atoms with E-state index < -0.39 is 12.3 Å². The molecule has 3 heteroatoms. The molecule has 0 aromatic rings. The Balaban J connectivity index is 1.53. The van der Waals surface area contributed by atoms with E-state index in [1.54, 1.807) is 0 Å². The summed E-state index contributed by atoms with van der Waals surface area (Å²) in [5, 5.41) is 20.7. The molecular weight excluding hydrogens is 303 g/mol. The average molecular weight is 339 g/mol. The van der Waals surface area contributed by atoms with E-state index in [2.05, 4.69) is 6.92 Å². The normalized spacial score (nSPS) is 55.4. The number of rotatable bonds is 2. The summed E-state index contributed by atoms with van der Waals surface area (Å²) in [4.78, 5) is 0. The maximum Gasteiger partial charge on any atom is 0.118 e. The smallest absolute Gasteiger partial charge is 0.118 e. The second-order valence-corrected chi connectivity index (χ2v) is 10.0. The number of aliphatic hydroxyl groups is 2.